The number of carbonyl (C=O) groups is 1. The predicted octanol–water partition coefficient (Wildman–Crippen LogP) is 3.68. The first kappa shape index (κ1) is 21.4. The average molecular weight is 431 g/mol. The summed E-state index contributed by atoms with van der Waals surface area (Å²) in [5.74, 6) is -0.179. The Labute approximate surface area is 185 Å². The lowest BCUT2D eigenvalue weighted by Gasteiger charge is -2.28. The topological polar surface area (TPSA) is 108 Å². The van der Waals surface area contributed by atoms with E-state index in [0.29, 0.717) is 27.9 Å². The number of amides is 1. The number of fused-ring (bicyclic) bond motifs is 1. The van der Waals surface area contributed by atoms with Gasteiger partial charge in [-0.25, -0.2) is 4.98 Å². The minimum absolute atomic E-state index is 0.125. The number of H-pyrrole nitrogens is 2. The van der Waals surface area contributed by atoms with Crippen LogP contribution in [0, 0.1) is 20.8 Å². The minimum Gasteiger partial charge on any atom is -0.332 e. The zero-order chi connectivity index (χ0) is 23.0. The van der Waals surface area contributed by atoms with Crippen LogP contribution in [-0.4, -0.2) is 42.0 Å². The SMILES string of the molecule is Cc1cc(C)c(CN(C(=O)c2cc(-c3cccnc3)nc3n[nH]c(C)c23)C(C)C)c(=O)[nH]1. The maximum absolute atomic E-state index is 13.9. The summed E-state index contributed by atoms with van der Waals surface area (Å²) < 4.78 is 0. The smallest absolute Gasteiger partial charge is 0.255 e. The van der Waals surface area contributed by atoms with Gasteiger partial charge < -0.3 is 9.88 Å². The van der Waals surface area contributed by atoms with Crippen LogP contribution >= 0.6 is 0 Å². The molecule has 4 heterocycles. The fourth-order valence-corrected chi connectivity index (χ4v) is 3.90. The molecule has 2 N–H and O–H groups in total. The van der Waals surface area contributed by atoms with Crippen LogP contribution in [0.5, 0.6) is 0 Å². The molecular weight excluding hydrogens is 404 g/mol. The monoisotopic (exact) mass is 430 g/mol. The Hall–Kier alpha value is -3.81. The largest absolute Gasteiger partial charge is 0.332 e. The van der Waals surface area contributed by atoms with Crippen molar-refractivity contribution in [1.29, 1.82) is 0 Å². The molecule has 0 radical (unpaired) electrons. The van der Waals surface area contributed by atoms with Gasteiger partial charge >= 0.3 is 0 Å². The van der Waals surface area contributed by atoms with E-state index in [1.165, 1.54) is 0 Å². The van der Waals surface area contributed by atoms with E-state index in [0.717, 1.165) is 22.5 Å². The van der Waals surface area contributed by atoms with Gasteiger partial charge in [-0.05, 0) is 64.4 Å². The summed E-state index contributed by atoms with van der Waals surface area (Å²) in [4.78, 5) is 39.8. The van der Waals surface area contributed by atoms with Gasteiger partial charge in [0.15, 0.2) is 5.65 Å². The average Bonchev–Trinajstić information content (AvgIpc) is 3.13. The molecular formula is C24H26N6O2. The molecule has 0 bridgehead atoms. The Morgan fingerprint density at radius 1 is 1.19 bits per heavy atom. The predicted molar refractivity (Wildman–Crippen MR) is 123 cm³/mol. The summed E-state index contributed by atoms with van der Waals surface area (Å²) in [7, 11) is 0. The molecule has 4 aromatic heterocycles. The molecule has 32 heavy (non-hydrogen) atoms. The highest BCUT2D eigenvalue weighted by atomic mass is 16.2. The molecule has 0 fully saturated rings. The quantitative estimate of drug-likeness (QED) is 0.502. The van der Waals surface area contributed by atoms with E-state index in [4.69, 9.17) is 0 Å². The van der Waals surface area contributed by atoms with Gasteiger partial charge in [-0.3, -0.25) is 19.7 Å². The molecule has 0 aliphatic carbocycles. The van der Waals surface area contributed by atoms with E-state index >= 15 is 0 Å². The van der Waals surface area contributed by atoms with Crippen LogP contribution in [0.2, 0.25) is 0 Å². The molecule has 0 atom stereocenters. The van der Waals surface area contributed by atoms with Crippen molar-refractivity contribution >= 4 is 16.9 Å². The van der Waals surface area contributed by atoms with E-state index in [9.17, 15) is 9.59 Å². The molecule has 1 amide bonds. The summed E-state index contributed by atoms with van der Waals surface area (Å²) >= 11 is 0. The van der Waals surface area contributed by atoms with Gasteiger partial charge in [0.05, 0.1) is 23.2 Å². The van der Waals surface area contributed by atoms with E-state index in [1.807, 2.05) is 52.8 Å². The highest BCUT2D eigenvalue weighted by Gasteiger charge is 2.25. The molecule has 0 aliphatic heterocycles. The van der Waals surface area contributed by atoms with Crippen molar-refractivity contribution in [2.24, 2.45) is 0 Å². The molecule has 4 aromatic rings. The number of nitrogens with one attached hydrogen (secondary N) is 2. The summed E-state index contributed by atoms with van der Waals surface area (Å²) in [6, 6.07) is 7.30. The van der Waals surface area contributed by atoms with Gasteiger partial charge in [-0.15, -0.1) is 0 Å². The standard InChI is InChI=1S/C24H26N6O2/c1-13(2)30(12-19-14(3)9-15(4)26-23(19)31)24(32)18-10-20(17-7-6-8-25-11-17)27-22-21(18)16(5)28-29-22/h6-11,13H,12H2,1-5H3,(H,26,31)(H,27,28,29). The maximum Gasteiger partial charge on any atom is 0.255 e. The highest BCUT2D eigenvalue weighted by molar-refractivity contribution is 6.07. The Kier molecular flexibility index (Phi) is 5.61. The third-order valence-electron chi connectivity index (χ3n) is 5.60. The number of hydrogen-bond donors (Lipinski definition) is 2. The lowest BCUT2D eigenvalue weighted by atomic mass is 10.0. The summed E-state index contributed by atoms with van der Waals surface area (Å²) in [5.41, 5.74) is 5.22. The van der Waals surface area contributed by atoms with Crippen molar-refractivity contribution < 1.29 is 4.79 Å². The van der Waals surface area contributed by atoms with E-state index in [2.05, 4.69) is 25.1 Å². The number of rotatable bonds is 5. The highest BCUT2D eigenvalue weighted by Crippen LogP contribution is 2.27. The Bertz CT molecular complexity index is 1350. The van der Waals surface area contributed by atoms with Crippen molar-refractivity contribution in [1.82, 2.24) is 30.0 Å². The van der Waals surface area contributed by atoms with Gasteiger partial charge in [0.25, 0.3) is 11.5 Å². The van der Waals surface area contributed by atoms with Crippen molar-refractivity contribution in [2.45, 2.75) is 47.2 Å². The fraction of sp³-hybridized carbons (Fsp3) is 0.292. The number of nitrogens with zero attached hydrogens (tertiary/aromatic N) is 4. The number of aromatic nitrogens is 5. The summed E-state index contributed by atoms with van der Waals surface area (Å²) in [6.45, 7) is 9.70. The molecule has 4 rings (SSSR count). The van der Waals surface area contributed by atoms with Crippen LogP contribution < -0.4 is 5.56 Å². The maximum atomic E-state index is 13.9. The molecule has 0 saturated heterocycles. The van der Waals surface area contributed by atoms with Crippen molar-refractivity contribution in [3.05, 3.63) is 75.1 Å². The molecule has 8 heteroatoms. The molecule has 0 spiro atoms. The third-order valence-corrected chi connectivity index (χ3v) is 5.60. The molecule has 0 unspecified atom stereocenters. The van der Waals surface area contributed by atoms with Crippen molar-refractivity contribution in [3.63, 3.8) is 0 Å². The lowest BCUT2D eigenvalue weighted by molar-refractivity contribution is 0.0691. The van der Waals surface area contributed by atoms with Gasteiger partial charge in [-0.1, -0.05) is 0 Å². The van der Waals surface area contributed by atoms with E-state index < -0.39 is 0 Å². The first-order chi connectivity index (χ1) is 15.3. The van der Waals surface area contributed by atoms with Crippen molar-refractivity contribution in [2.75, 3.05) is 0 Å². The zero-order valence-corrected chi connectivity index (χ0v) is 18.9. The first-order valence-electron chi connectivity index (χ1n) is 10.5. The van der Waals surface area contributed by atoms with E-state index in [-0.39, 0.29) is 24.1 Å². The second-order valence-corrected chi connectivity index (χ2v) is 8.31. The van der Waals surface area contributed by atoms with E-state index in [1.54, 1.807) is 23.4 Å². The second kappa shape index (κ2) is 8.37. The Balaban J connectivity index is 1.84. The number of aromatic amines is 2. The second-order valence-electron chi connectivity index (χ2n) is 8.31. The number of hydrogen-bond acceptors (Lipinski definition) is 5. The Morgan fingerprint density at radius 2 is 1.97 bits per heavy atom. The third kappa shape index (κ3) is 3.91. The van der Waals surface area contributed by atoms with Crippen LogP contribution in [0.3, 0.4) is 0 Å². The van der Waals surface area contributed by atoms with Crippen molar-refractivity contribution in [3.8, 4) is 11.3 Å². The number of carbonyl (C=O) groups excluding carboxylic acids is 1. The van der Waals surface area contributed by atoms with Crippen LogP contribution in [0.4, 0.5) is 0 Å². The number of pyridine rings is 3. The van der Waals surface area contributed by atoms with Crippen LogP contribution in [0.1, 0.15) is 46.7 Å². The summed E-state index contributed by atoms with van der Waals surface area (Å²) in [5, 5.41) is 7.91. The molecule has 0 saturated carbocycles. The van der Waals surface area contributed by atoms with Crippen LogP contribution in [0.15, 0.2) is 41.5 Å². The molecule has 164 valence electrons. The normalized spacial score (nSPS) is 11.3. The molecule has 0 aromatic carbocycles. The van der Waals surface area contributed by atoms with Crippen LogP contribution in [0.25, 0.3) is 22.3 Å². The molecule has 8 nitrogen and oxygen atoms in total. The number of aryl methyl sites for hydroxylation is 3. The van der Waals surface area contributed by atoms with Gasteiger partial charge in [0.1, 0.15) is 0 Å². The summed E-state index contributed by atoms with van der Waals surface area (Å²) in [6.07, 6.45) is 3.39. The van der Waals surface area contributed by atoms with Gasteiger partial charge in [0.2, 0.25) is 0 Å². The fourth-order valence-electron chi connectivity index (χ4n) is 3.90. The first-order valence-corrected chi connectivity index (χ1v) is 10.5. The van der Waals surface area contributed by atoms with Crippen LogP contribution in [-0.2, 0) is 6.54 Å². The minimum atomic E-state index is -0.179. The van der Waals surface area contributed by atoms with Gasteiger partial charge in [0, 0.05) is 41.0 Å². The lowest BCUT2D eigenvalue weighted by Crippen LogP contribution is -2.38. The van der Waals surface area contributed by atoms with Gasteiger partial charge in [-0.2, -0.15) is 5.10 Å². The Morgan fingerprint density at radius 3 is 2.62 bits per heavy atom. The molecule has 0 aliphatic rings. The zero-order valence-electron chi connectivity index (χ0n) is 18.9.